The number of nitrogens with zero attached hydrogens (tertiary/aromatic N) is 3. The topological polar surface area (TPSA) is 56.7 Å². The Hall–Kier alpha value is -2.75. The zero-order valence-corrected chi connectivity index (χ0v) is 25.4. The molecule has 6 rings (SSSR count). The van der Waals surface area contributed by atoms with Crippen LogP contribution in [0.15, 0.2) is 54.7 Å². The monoisotopic (exact) mass is 611 g/mol. The molecule has 0 radical (unpaired) electrons. The van der Waals surface area contributed by atoms with Crippen LogP contribution < -0.4 is 0 Å². The summed E-state index contributed by atoms with van der Waals surface area (Å²) < 4.78 is 38.7. The second-order valence-corrected chi connectivity index (χ2v) is 14.0. The number of hydrogen-bond donors (Lipinski definition) is 1. The first-order valence-electron chi connectivity index (χ1n) is 15.5. The number of aliphatic carboxylic acids is 1. The largest absolute Gasteiger partial charge is 0.480 e. The highest BCUT2D eigenvalue weighted by Gasteiger charge is 2.42. The number of carboxylic acid groups (broad SMARTS) is 1. The van der Waals surface area contributed by atoms with Crippen molar-refractivity contribution in [2.45, 2.75) is 69.5 Å². The third-order valence-electron chi connectivity index (χ3n) is 9.61. The van der Waals surface area contributed by atoms with Gasteiger partial charge >= 0.3 is 12.1 Å². The highest BCUT2D eigenvalue weighted by Crippen LogP contribution is 2.40. The molecule has 0 spiro atoms. The Labute approximate surface area is 255 Å². The molecule has 0 bridgehead atoms. The zero-order valence-electron chi connectivity index (χ0n) is 24.6. The van der Waals surface area contributed by atoms with Crippen LogP contribution >= 0.6 is 11.3 Å². The van der Waals surface area contributed by atoms with Crippen molar-refractivity contribution < 1.29 is 23.1 Å². The SMILES string of the molecule is Cc1cccc(C2CN(C(CC3CC3)C(=O)O)CC2CN2CCC(c3cnc(Cc4ccc(C(F)(F)F)cc4)s3)CC2)c1. The molecule has 1 aromatic heterocycles. The Morgan fingerprint density at radius 1 is 1.07 bits per heavy atom. The van der Waals surface area contributed by atoms with E-state index in [0.717, 1.165) is 87.5 Å². The fourth-order valence-electron chi connectivity index (χ4n) is 7.01. The van der Waals surface area contributed by atoms with Crippen LogP contribution in [0.4, 0.5) is 13.2 Å². The number of likely N-dealkylation sites (tertiary alicyclic amines) is 2. The normalized spacial score (nSPS) is 23.1. The van der Waals surface area contributed by atoms with Crippen molar-refractivity contribution in [3.63, 3.8) is 0 Å². The van der Waals surface area contributed by atoms with Gasteiger partial charge in [-0.15, -0.1) is 11.3 Å². The lowest BCUT2D eigenvalue weighted by molar-refractivity contribution is -0.143. The molecule has 1 aliphatic carbocycles. The van der Waals surface area contributed by atoms with E-state index >= 15 is 0 Å². The average Bonchev–Trinajstić information content (AvgIpc) is 3.52. The number of benzene rings is 2. The van der Waals surface area contributed by atoms with Crippen molar-refractivity contribution in [1.82, 2.24) is 14.8 Å². The van der Waals surface area contributed by atoms with Crippen molar-refractivity contribution >= 4 is 17.3 Å². The summed E-state index contributed by atoms with van der Waals surface area (Å²) in [5.41, 5.74) is 2.77. The van der Waals surface area contributed by atoms with Crippen LogP contribution in [0.2, 0.25) is 0 Å². The van der Waals surface area contributed by atoms with Crippen molar-refractivity contribution in [2.24, 2.45) is 11.8 Å². The van der Waals surface area contributed by atoms with E-state index in [2.05, 4.69) is 46.0 Å². The predicted octanol–water partition coefficient (Wildman–Crippen LogP) is 7.21. The van der Waals surface area contributed by atoms with E-state index in [4.69, 9.17) is 0 Å². The summed E-state index contributed by atoms with van der Waals surface area (Å²) in [6, 6.07) is 13.7. The van der Waals surface area contributed by atoms with E-state index in [0.29, 0.717) is 30.1 Å². The molecule has 3 unspecified atom stereocenters. The zero-order chi connectivity index (χ0) is 30.1. The minimum Gasteiger partial charge on any atom is -0.480 e. The molecule has 43 heavy (non-hydrogen) atoms. The Kier molecular flexibility index (Phi) is 8.94. The molecule has 2 aromatic carbocycles. The van der Waals surface area contributed by atoms with Crippen LogP contribution in [0, 0.1) is 18.8 Å². The number of carboxylic acids is 1. The fraction of sp³-hybridized carbons (Fsp3) is 0.529. The molecule has 9 heteroatoms. The number of halogens is 3. The maximum Gasteiger partial charge on any atom is 0.416 e. The number of aromatic nitrogens is 1. The quantitative estimate of drug-likeness (QED) is 0.263. The molecule has 1 saturated carbocycles. The first kappa shape index (κ1) is 30.3. The van der Waals surface area contributed by atoms with Gasteiger partial charge in [0.15, 0.2) is 0 Å². The molecule has 1 N–H and O–H groups in total. The molecule has 3 fully saturated rings. The summed E-state index contributed by atoms with van der Waals surface area (Å²) in [6.07, 6.45) is 3.36. The van der Waals surface area contributed by atoms with Crippen molar-refractivity contribution in [3.05, 3.63) is 86.9 Å². The Morgan fingerprint density at radius 3 is 2.47 bits per heavy atom. The minimum absolute atomic E-state index is 0.327. The van der Waals surface area contributed by atoms with Crippen molar-refractivity contribution in [1.29, 1.82) is 0 Å². The number of carbonyl (C=O) groups is 1. The number of rotatable bonds is 10. The van der Waals surface area contributed by atoms with Crippen LogP contribution in [-0.2, 0) is 17.4 Å². The highest BCUT2D eigenvalue weighted by atomic mass is 32.1. The summed E-state index contributed by atoms with van der Waals surface area (Å²) in [7, 11) is 0. The smallest absolute Gasteiger partial charge is 0.416 e. The van der Waals surface area contributed by atoms with Crippen LogP contribution in [0.5, 0.6) is 0 Å². The Morgan fingerprint density at radius 2 is 1.81 bits per heavy atom. The minimum atomic E-state index is -4.32. The van der Waals surface area contributed by atoms with Gasteiger partial charge in [0, 0.05) is 43.0 Å². The molecule has 2 saturated heterocycles. The number of thiazole rings is 1. The van der Waals surface area contributed by atoms with Gasteiger partial charge in [-0.3, -0.25) is 9.69 Å². The first-order chi connectivity index (χ1) is 20.6. The lowest BCUT2D eigenvalue weighted by Gasteiger charge is -2.34. The van der Waals surface area contributed by atoms with Gasteiger partial charge in [0.05, 0.1) is 10.6 Å². The van der Waals surface area contributed by atoms with Crippen molar-refractivity contribution in [3.8, 4) is 0 Å². The van der Waals surface area contributed by atoms with Gasteiger partial charge in [-0.25, -0.2) is 4.98 Å². The molecule has 5 nitrogen and oxygen atoms in total. The van der Waals surface area contributed by atoms with Crippen LogP contribution in [-0.4, -0.2) is 64.6 Å². The lowest BCUT2D eigenvalue weighted by atomic mass is 9.87. The van der Waals surface area contributed by atoms with E-state index in [1.54, 1.807) is 23.5 Å². The summed E-state index contributed by atoms with van der Waals surface area (Å²) in [4.78, 5) is 22.9. The second-order valence-electron chi connectivity index (χ2n) is 12.9. The lowest BCUT2D eigenvalue weighted by Crippen LogP contribution is -2.41. The third kappa shape index (κ3) is 7.49. The number of piperidine rings is 1. The highest BCUT2D eigenvalue weighted by molar-refractivity contribution is 7.11. The molecule has 2 aliphatic heterocycles. The van der Waals surface area contributed by atoms with E-state index in [-0.39, 0.29) is 0 Å². The molecule has 230 valence electrons. The van der Waals surface area contributed by atoms with Gasteiger partial charge < -0.3 is 10.0 Å². The van der Waals surface area contributed by atoms with Gasteiger partial charge in [0.1, 0.15) is 6.04 Å². The second kappa shape index (κ2) is 12.7. The molecule has 3 aliphatic rings. The van der Waals surface area contributed by atoms with E-state index in [1.165, 1.54) is 16.0 Å². The number of alkyl halides is 3. The van der Waals surface area contributed by atoms with Gasteiger partial charge in [-0.05, 0) is 80.3 Å². The van der Waals surface area contributed by atoms with Crippen LogP contribution in [0.1, 0.15) is 76.1 Å². The van der Waals surface area contributed by atoms with Gasteiger partial charge in [-0.2, -0.15) is 13.2 Å². The molecule has 3 heterocycles. The van der Waals surface area contributed by atoms with E-state index in [9.17, 15) is 23.1 Å². The predicted molar refractivity (Wildman–Crippen MR) is 163 cm³/mol. The van der Waals surface area contributed by atoms with Crippen LogP contribution in [0.3, 0.4) is 0 Å². The first-order valence-corrected chi connectivity index (χ1v) is 16.3. The van der Waals surface area contributed by atoms with Gasteiger partial charge in [0.2, 0.25) is 0 Å². The average molecular weight is 612 g/mol. The standard InChI is InChI=1S/C34H40F3N3O2S/c1-22-3-2-4-26(15-22)29-21-40(30(33(41)42)16-23-5-6-23)20-27(29)19-39-13-11-25(12-14-39)31-18-38-32(43-31)17-24-7-9-28(10-8-24)34(35,36)37/h2-4,7-10,15,18,23,25,27,29-30H,5-6,11-14,16-17,19-21H2,1H3,(H,41,42). The molecular weight excluding hydrogens is 571 g/mol. The Bertz CT molecular complexity index is 1400. The van der Waals surface area contributed by atoms with E-state index < -0.39 is 23.8 Å². The molecule has 3 atom stereocenters. The van der Waals surface area contributed by atoms with Crippen LogP contribution in [0.25, 0.3) is 0 Å². The fourth-order valence-corrected chi connectivity index (χ4v) is 8.13. The third-order valence-corrected chi connectivity index (χ3v) is 10.8. The Balaban J connectivity index is 1.07. The molecule has 0 amide bonds. The molecule has 3 aromatic rings. The number of hydrogen-bond acceptors (Lipinski definition) is 5. The maximum absolute atomic E-state index is 12.9. The van der Waals surface area contributed by atoms with E-state index in [1.807, 2.05) is 6.20 Å². The van der Waals surface area contributed by atoms with Gasteiger partial charge in [0.25, 0.3) is 0 Å². The summed E-state index contributed by atoms with van der Waals surface area (Å²) in [5, 5.41) is 11.0. The van der Waals surface area contributed by atoms with Gasteiger partial charge in [-0.1, -0.05) is 54.8 Å². The summed E-state index contributed by atoms with van der Waals surface area (Å²) in [5.74, 6) is 1.04. The van der Waals surface area contributed by atoms with Crippen molar-refractivity contribution in [2.75, 3.05) is 32.7 Å². The summed E-state index contributed by atoms with van der Waals surface area (Å²) >= 11 is 1.68. The number of aryl methyl sites for hydroxylation is 1. The maximum atomic E-state index is 12.9. The summed E-state index contributed by atoms with van der Waals surface area (Å²) in [6.45, 7) is 6.72. The molecular formula is C34H40F3N3O2S.